The molecule has 0 bridgehead atoms. The van der Waals surface area contributed by atoms with Gasteiger partial charge in [0, 0.05) is 31.6 Å². The first-order valence-electron chi connectivity index (χ1n) is 6.86. The van der Waals surface area contributed by atoms with E-state index in [9.17, 15) is 4.79 Å². The normalized spacial score (nSPS) is 15.3. The highest BCUT2D eigenvalue weighted by Gasteiger charge is 2.23. The molecule has 1 saturated carbocycles. The summed E-state index contributed by atoms with van der Waals surface area (Å²) in [6, 6.07) is 0.929. The van der Waals surface area contributed by atoms with Gasteiger partial charge in [-0.2, -0.15) is 0 Å². The maximum atomic E-state index is 12.1. The van der Waals surface area contributed by atoms with Crippen molar-refractivity contribution in [1.82, 2.24) is 10.2 Å². The predicted molar refractivity (Wildman–Crippen MR) is 68.8 cm³/mol. The van der Waals surface area contributed by atoms with E-state index in [-0.39, 0.29) is 18.6 Å². The molecular formula is C13H26N2O2. The zero-order valence-corrected chi connectivity index (χ0v) is 11.1. The van der Waals surface area contributed by atoms with Gasteiger partial charge in [-0.3, -0.25) is 4.79 Å². The van der Waals surface area contributed by atoms with Crippen molar-refractivity contribution >= 4 is 5.91 Å². The molecule has 0 radical (unpaired) electrons. The summed E-state index contributed by atoms with van der Waals surface area (Å²) in [4.78, 5) is 13.9. The summed E-state index contributed by atoms with van der Waals surface area (Å²) in [6.07, 6.45) is 4.96. The molecule has 2 N–H and O–H groups in total. The Hall–Kier alpha value is -0.610. The average molecular weight is 242 g/mol. The fourth-order valence-corrected chi connectivity index (χ4v) is 2.16. The standard InChI is InChI=1S/C13H26N2O2/c1-3-12(4-2)15(9-10-16)13(17)7-8-14-11-5-6-11/h11-12,14,16H,3-10H2,1-2H3. The van der Waals surface area contributed by atoms with Crippen LogP contribution in [0, 0.1) is 0 Å². The summed E-state index contributed by atoms with van der Waals surface area (Å²) >= 11 is 0. The molecule has 1 aliphatic rings. The Bertz CT molecular complexity index is 225. The van der Waals surface area contributed by atoms with Crippen LogP contribution in [0.3, 0.4) is 0 Å². The fourth-order valence-electron chi connectivity index (χ4n) is 2.16. The van der Waals surface area contributed by atoms with Crippen LogP contribution in [-0.2, 0) is 4.79 Å². The Morgan fingerprint density at radius 3 is 2.53 bits per heavy atom. The quantitative estimate of drug-likeness (QED) is 0.637. The third kappa shape index (κ3) is 5.04. The number of carbonyl (C=O) groups is 1. The summed E-state index contributed by atoms with van der Waals surface area (Å²) < 4.78 is 0. The second-order valence-electron chi connectivity index (χ2n) is 4.76. The lowest BCUT2D eigenvalue weighted by Gasteiger charge is -2.30. The van der Waals surface area contributed by atoms with Gasteiger partial charge in [-0.25, -0.2) is 0 Å². The summed E-state index contributed by atoms with van der Waals surface area (Å²) in [5.41, 5.74) is 0. The molecule has 1 aliphatic carbocycles. The van der Waals surface area contributed by atoms with Gasteiger partial charge >= 0.3 is 0 Å². The molecule has 0 aromatic rings. The summed E-state index contributed by atoms with van der Waals surface area (Å²) in [6.45, 7) is 5.47. The van der Waals surface area contributed by atoms with E-state index in [2.05, 4.69) is 19.2 Å². The second kappa shape index (κ2) is 7.67. The van der Waals surface area contributed by atoms with E-state index in [4.69, 9.17) is 5.11 Å². The smallest absolute Gasteiger partial charge is 0.224 e. The third-order valence-electron chi connectivity index (χ3n) is 3.39. The minimum atomic E-state index is 0.0539. The molecule has 4 heteroatoms. The van der Waals surface area contributed by atoms with E-state index in [1.807, 2.05) is 4.90 Å². The molecule has 0 saturated heterocycles. The third-order valence-corrected chi connectivity index (χ3v) is 3.39. The van der Waals surface area contributed by atoms with Gasteiger partial charge in [0.2, 0.25) is 5.91 Å². The molecule has 1 fully saturated rings. The number of hydrogen-bond donors (Lipinski definition) is 2. The molecule has 0 spiro atoms. The average Bonchev–Trinajstić information content (AvgIpc) is 3.13. The second-order valence-corrected chi connectivity index (χ2v) is 4.76. The van der Waals surface area contributed by atoms with E-state index >= 15 is 0 Å². The molecule has 1 rings (SSSR count). The highest BCUT2D eigenvalue weighted by Crippen LogP contribution is 2.18. The largest absolute Gasteiger partial charge is 0.395 e. The van der Waals surface area contributed by atoms with E-state index in [1.165, 1.54) is 12.8 Å². The summed E-state index contributed by atoms with van der Waals surface area (Å²) in [5, 5.41) is 12.4. The molecule has 0 aromatic heterocycles. The monoisotopic (exact) mass is 242 g/mol. The lowest BCUT2D eigenvalue weighted by molar-refractivity contribution is -0.134. The highest BCUT2D eigenvalue weighted by atomic mass is 16.3. The number of nitrogens with zero attached hydrogens (tertiary/aromatic N) is 1. The molecule has 17 heavy (non-hydrogen) atoms. The van der Waals surface area contributed by atoms with Gasteiger partial charge in [0.15, 0.2) is 0 Å². The van der Waals surface area contributed by atoms with Crippen LogP contribution in [0.25, 0.3) is 0 Å². The Morgan fingerprint density at radius 2 is 2.06 bits per heavy atom. The van der Waals surface area contributed by atoms with Crippen molar-refractivity contribution in [2.75, 3.05) is 19.7 Å². The van der Waals surface area contributed by atoms with Crippen molar-refractivity contribution < 1.29 is 9.90 Å². The van der Waals surface area contributed by atoms with Gasteiger partial charge < -0.3 is 15.3 Å². The minimum absolute atomic E-state index is 0.0539. The van der Waals surface area contributed by atoms with Crippen LogP contribution in [0.5, 0.6) is 0 Å². The van der Waals surface area contributed by atoms with E-state index in [0.717, 1.165) is 19.4 Å². The van der Waals surface area contributed by atoms with Crippen LogP contribution in [0.15, 0.2) is 0 Å². The number of aliphatic hydroxyl groups is 1. The van der Waals surface area contributed by atoms with Crippen LogP contribution in [0.1, 0.15) is 46.0 Å². The first-order chi connectivity index (χ1) is 8.22. The topological polar surface area (TPSA) is 52.6 Å². The van der Waals surface area contributed by atoms with Crippen molar-refractivity contribution in [2.45, 2.75) is 58.0 Å². The molecule has 0 atom stereocenters. The Labute approximate surface area is 104 Å². The summed E-state index contributed by atoms with van der Waals surface area (Å²) in [7, 11) is 0. The molecule has 0 aliphatic heterocycles. The van der Waals surface area contributed by atoms with Crippen LogP contribution >= 0.6 is 0 Å². The van der Waals surface area contributed by atoms with E-state index in [1.54, 1.807) is 0 Å². The summed E-state index contributed by atoms with van der Waals surface area (Å²) in [5.74, 6) is 0.168. The van der Waals surface area contributed by atoms with Gasteiger partial charge in [0.05, 0.1) is 6.61 Å². The molecule has 1 amide bonds. The Kier molecular flexibility index (Phi) is 6.52. The van der Waals surface area contributed by atoms with E-state index < -0.39 is 0 Å². The highest BCUT2D eigenvalue weighted by molar-refractivity contribution is 5.76. The molecule has 100 valence electrons. The Morgan fingerprint density at radius 1 is 1.41 bits per heavy atom. The predicted octanol–water partition coefficient (Wildman–Crippen LogP) is 1.14. The van der Waals surface area contributed by atoms with Gasteiger partial charge in [-0.05, 0) is 25.7 Å². The van der Waals surface area contributed by atoms with Crippen molar-refractivity contribution in [3.63, 3.8) is 0 Å². The fraction of sp³-hybridized carbons (Fsp3) is 0.923. The van der Waals surface area contributed by atoms with Crippen LogP contribution in [0.2, 0.25) is 0 Å². The van der Waals surface area contributed by atoms with Crippen LogP contribution < -0.4 is 5.32 Å². The lowest BCUT2D eigenvalue weighted by Crippen LogP contribution is -2.42. The number of nitrogens with one attached hydrogen (secondary N) is 1. The van der Waals surface area contributed by atoms with Crippen LogP contribution in [-0.4, -0.2) is 47.7 Å². The maximum Gasteiger partial charge on any atom is 0.224 e. The lowest BCUT2D eigenvalue weighted by atomic mass is 10.1. The molecule has 0 unspecified atom stereocenters. The molecule has 0 aromatic carbocycles. The zero-order chi connectivity index (χ0) is 12.7. The zero-order valence-electron chi connectivity index (χ0n) is 11.1. The van der Waals surface area contributed by atoms with Crippen molar-refractivity contribution in [3.8, 4) is 0 Å². The van der Waals surface area contributed by atoms with Gasteiger partial charge in [-0.15, -0.1) is 0 Å². The number of hydrogen-bond acceptors (Lipinski definition) is 3. The molecule has 4 nitrogen and oxygen atoms in total. The Balaban J connectivity index is 2.34. The molecular weight excluding hydrogens is 216 g/mol. The van der Waals surface area contributed by atoms with E-state index in [0.29, 0.717) is 19.0 Å². The van der Waals surface area contributed by atoms with Crippen molar-refractivity contribution in [2.24, 2.45) is 0 Å². The number of rotatable bonds is 9. The molecule has 0 heterocycles. The number of amides is 1. The van der Waals surface area contributed by atoms with Crippen molar-refractivity contribution in [1.29, 1.82) is 0 Å². The first kappa shape index (κ1) is 14.5. The SMILES string of the molecule is CCC(CC)N(CCO)C(=O)CCNC1CC1. The van der Waals surface area contributed by atoms with Gasteiger partial charge in [0.1, 0.15) is 0 Å². The van der Waals surface area contributed by atoms with Gasteiger partial charge in [-0.1, -0.05) is 13.8 Å². The minimum Gasteiger partial charge on any atom is -0.395 e. The maximum absolute atomic E-state index is 12.1. The van der Waals surface area contributed by atoms with Crippen molar-refractivity contribution in [3.05, 3.63) is 0 Å². The number of aliphatic hydroxyl groups excluding tert-OH is 1. The first-order valence-corrected chi connectivity index (χ1v) is 6.86. The van der Waals surface area contributed by atoms with Crippen LogP contribution in [0.4, 0.5) is 0 Å². The van der Waals surface area contributed by atoms with Gasteiger partial charge in [0.25, 0.3) is 0 Å². The number of carbonyl (C=O) groups excluding carboxylic acids is 1.